The smallest absolute Gasteiger partial charge is 0.208 e. The molecule has 1 atom stereocenters. The molecule has 96 valence electrons. The van der Waals surface area contributed by atoms with E-state index in [0.29, 0.717) is 0 Å². The van der Waals surface area contributed by atoms with Gasteiger partial charge in [-0.3, -0.25) is 0 Å². The highest BCUT2D eigenvalue weighted by atomic mass is 32.2. The van der Waals surface area contributed by atoms with Crippen LogP contribution in [0.5, 0.6) is 0 Å². The third kappa shape index (κ3) is 3.01. The Kier molecular flexibility index (Phi) is 4.21. The van der Waals surface area contributed by atoms with Crippen molar-refractivity contribution in [1.82, 2.24) is 10.2 Å². The molecule has 2 aromatic rings. The van der Waals surface area contributed by atoms with Crippen LogP contribution >= 0.6 is 23.1 Å². The van der Waals surface area contributed by atoms with Crippen molar-refractivity contribution in [3.63, 3.8) is 0 Å². The van der Waals surface area contributed by atoms with Crippen molar-refractivity contribution in [2.24, 2.45) is 0 Å². The first-order valence-electron chi connectivity index (χ1n) is 5.53. The van der Waals surface area contributed by atoms with Crippen LogP contribution in [0, 0.1) is 0 Å². The molecule has 0 aliphatic rings. The molecule has 4 nitrogen and oxygen atoms in total. The van der Waals surface area contributed by atoms with Crippen molar-refractivity contribution in [2.75, 3.05) is 19.0 Å². The number of aliphatic hydroxyl groups is 1. The van der Waals surface area contributed by atoms with Gasteiger partial charge >= 0.3 is 0 Å². The Balaban J connectivity index is 2.23. The Morgan fingerprint density at radius 1 is 1.28 bits per heavy atom. The van der Waals surface area contributed by atoms with Crippen LogP contribution in [0.3, 0.4) is 0 Å². The van der Waals surface area contributed by atoms with E-state index < -0.39 is 6.10 Å². The van der Waals surface area contributed by atoms with Gasteiger partial charge in [0.25, 0.3) is 0 Å². The first kappa shape index (κ1) is 13.3. The Morgan fingerprint density at radius 2 is 2.00 bits per heavy atom. The predicted octanol–water partition coefficient (Wildman–Crippen LogP) is 2.81. The molecule has 0 spiro atoms. The van der Waals surface area contributed by atoms with Gasteiger partial charge in [-0.05, 0) is 18.6 Å². The molecule has 0 radical (unpaired) electrons. The summed E-state index contributed by atoms with van der Waals surface area (Å²) in [7, 11) is 3.89. The van der Waals surface area contributed by atoms with Crippen molar-refractivity contribution < 1.29 is 5.11 Å². The van der Waals surface area contributed by atoms with Crippen LogP contribution in [0.15, 0.2) is 33.5 Å². The number of aromatic nitrogens is 2. The molecule has 0 saturated carbocycles. The van der Waals surface area contributed by atoms with E-state index in [9.17, 15) is 5.11 Å². The predicted molar refractivity (Wildman–Crippen MR) is 75.4 cm³/mol. The van der Waals surface area contributed by atoms with Crippen LogP contribution in [0.1, 0.15) is 18.6 Å². The third-order valence-electron chi connectivity index (χ3n) is 2.34. The summed E-state index contributed by atoms with van der Waals surface area (Å²) in [5.41, 5.74) is 0.920. The van der Waals surface area contributed by atoms with Gasteiger partial charge in [0.2, 0.25) is 5.13 Å². The number of benzene rings is 1. The van der Waals surface area contributed by atoms with Gasteiger partial charge < -0.3 is 10.0 Å². The third-order valence-corrected chi connectivity index (χ3v) is 4.58. The lowest BCUT2D eigenvalue weighted by atomic mass is 10.1. The van der Waals surface area contributed by atoms with Gasteiger partial charge in [0.1, 0.15) is 0 Å². The van der Waals surface area contributed by atoms with E-state index in [1.165, 1.54) is 11.8 Å². The summed E-state index contributed by atoms with van der Waals surface area (Å²) in [5, 5.41) is 18.8. The van der Waals surface area contributed by atoms with Gasteiger partial charge in [-0.1, -0.05) is 41.3 Å². The zero-order valence-electron chi connectivity index (χ0n) is 10.5. The van der Waals surface area contributed by atoms with Crippen LogP contribution in [0.4, 0.5) is 5.13 Å². The first-order chi connectivity index (χ1) is 8.58. The summed E-state index contributed by atoms with van der Waals surface area (Å²) in [4.78, 5) is 2.96. The van der Waals surface area contributed by atoms with Crippen molar-refractivity contribution in [1.29, 1.82) is 0 Å². The summed E-state index contributed by atoms with van der Waals surface area (Å²) in [6, 6.07) is 7.81. The second-order valence-electron chi connectivity index (χ2n) is 4.06. The molecule has 0 saturated heterocycles. The van der Waals surface area contributed by atoms with Crippen molar-refractivity contribution in [3.05, 3.63) is 29.8 Å². The first-order valence-corrected chi connectivity index (χ1v) is 7.17. The molecule has 1 heterocycles. The quantitative estimate of drug-likeness (QED) is 0.934. The van der Waals surface area contributed by atoms with E-state index in [0.717, 1.165) is 19.9 Å². The van der Waals surface area contributed by atoms with Gasteiger partial charge in [-0.25, -0.2) is 0 Å². The van der Waals surface area contributed by atoms with Crippen LogP contribution in [-0.2, 0) is 0 Å². The summed E-state index contributed by atoms with van der Waals surface area (Å²) < 4.78 is 0.881. The molecule has 0 aliphatic carbocycles. The summed E-state index contributed by atoms with van der Waals surface area (Å²) >= 11 is 3.08. The van der Waals surface area contributed by atoms with Crippen LogP contribution in [0.25, 0.3) is 0 Å². The van der Waals surface area contributed by atoms with E-state index in [1.807, 2.05) is 43.3 Å². The van der Waals surface area contributed by atoms with E-state index in [2.05, 4.69) is 10.2 Å². The lowest BCUT2D eigenvalue weighted by Gasteiger charge is -2.09. The Morgan fingerprint density at radius 3 is 2.61 bits per heavy atom. The minimum absolute atomic E-state index is 0.477. The van der Waals surface area contributed by atoms with Crippen LogP contribution in [-0.4, -0.2) is 29.4 Å². The average Bonchev–Trinajstić information content (AvgIpc) is 2.78. The zero-order valence-corrected chi connectivity index (χ0v) is 12.1. The Labute approximate surface area is 115 Å². The molecular formula is C12H15N3OS2. The minimum Gasteiger partial charge on any atom is -0.389 e. The van der Waals surface area contributed by atoms with E-state index in [1.54, 1.807) is 18.3 Å². The maximum Gasteiger partial charge on any atom is 0.208 e. The lowest BCUT2D eigenvalue weighted by molar-refractivity contribution is 0.196. The standard InChI is InChI=1S/C12H15N3OS2/c1-8(16)9-6-4-5-7-10(9)17-12-14-13-11(18-12)15(2)3/h4-8,16H,1-3H3/t8-/m0/s1. The summed E-state index contributed by atoms with van der Waals surface area (Å²) in [6.45, 7) is 1.77. The van der Waals surface area contributed by atoms with E-state index in [4.69, 9.17) is 0 Å². The van der Waals surface area contributed by atoms with Gasteiger partial charge in [0.15, 0.2) is 4.34 Å². The molecule has 1 N–H and O–H groups in total. The normalized spacial score (nSPS) is 12.4. The monoisotopic (exact) mass is 281 g/mol. The number of rotatable bonds is 4. The minimum atomic E-state index is -0.477. The second kappa shape index (κ2) is 5.69. The highest BCUT2D eigenvalue weighted by Crippen LogP contribution is 2.36. The maximum atomic E-state index is 9.72. The Bertz CT molecular complexity index is 526. The molecule has 0 bridgehead atoms. The lowest BCUT2D eigenvalue weighted by Crippen LogP contribution is -2.07. The molecule has 18 heavy (non-hydrogen) atoms. The fourth-order valence-electron chi connectivity index (χ4n) is 1.44. The molecule has 0 fully saturated rings. The van der Waals surface area contributed by atoms with E-state index >= 15 is 0 Å². The highest BCUT2D eigenvalue weighted by Gasteiger charge is 2.12. The van der Waals surface area contributed by atoms with Crippen molar-refractivity contribution >= 4 is 28.2 Å². The molecule has 1 aromatic heterocycles. The fraction of sp³-hybridized carbons (Fsp3) is 0.333. The van der Waals surface area contributed by atoms with Gasteiger partial charge in [0.05, 0.1) is 6.10 Å². The highest BCUT2D eigenvalue weighted by molar-refractivity contribution is 8.01. The topological polar surface area (TPSA) is 49.3 Å². The molecular weight excluding hydrogens is 266 g/mol. The fourth-order valence-corrected chi connectivity index (χ4v) is 3.37. The SMILES string of the molecule is C[C@H](O)c1ccccc1Sc1nnc(N(C)C)s1. The number of anilines is 1. The van der Waals surface area contributed by atoms with Crippen LogP contribution in [0.2, 0.25) is 0 Å². The maximum absolute atomic E-state index is 9.72. The molecule has 0 amide bonds. The molecule has 1 aromatic carbocycles. The number of hydrogen-bond donors (Lipinski definition) is 1. The second-order valence-corrected chi connectivity index (χ2v) is 6.31. The molecule has 0 unspecified atom stereocenters. The zero-order chi connectivity index (χ0) is 13.1. The molecule has 0 aliphatic heterocycles. The van der Waals surface area contributed by atoms with Crippen molar-refractivity contribution in [3.8, 4) is 0 Å². The van der Waals surface area contributed by atoms with Gasteiger partial charge in [-0.15, -0.1) is 10.2 Å². The summed E-state index contributed by atoms with van der Waals surface area (Å²) in [5.74, 6) is 0. The number of aliphatic hydroxyl groups excluding tert-OH is 1. The van der Waals surface area contributed by atoms with E-state index in [-0.39, 0.29) is 0 Å². The van der Waals surface area contributed by atoms with Gasteiger partial charge in [-0.2, -0.15) is 0 Å². The van der Waals surface area contributed by atoms with Crippen molar-refractivity contribution in [2.45, 2.75) is 22.3 Å². The number of hydrogen-bond acceptors (Lipinski definition) is 6. The van der Waals surface area contributed by atoms with Crippen LogP contribution < -0.4 is 4.90 Å². The summed E-state index contributed by atoms with van der Waals surface area (Å²) in [6.07, 6.45) is -0.477. The largest absolute Gasteiger partial charge is 0.389 e. The number of nitrogens with zero attached hydrogens (tertiary/aromatic N) is 3. The van der Waals surface area contributed by atoms with Gasteiger partial charge in [0, 0.05) is 19.0 Å². The molecule has 6 heteroatoms. The Hall–Kier alpha value is -1.11. The molecule has 2 rings (SSSR count). The average molecular weight is 281 g/mol.